The molecule has 41 heteroatoms. The van der Waals surface area contributed by atoms with Gasteiger partial charge in [-0.05, 0) is 184 Å². The number of nitrogens with one attached hydrogen (secondary N) is 1. The van der Waals surface area contributed by atoms with Gasteiger partial charge in [-0.2, -0.15) is 12.9 Å². The Morgan fingerprint density at radius 1 is 0.450 bits per heavy atom. The van der Waals surface area contributed by atoms with Crippen LogP contribution in [0.15, 0.2) is 219 Å². The Hall–Kier alpha value is -7.84. The van der Waals surface area contributed by atoms with Gasteiger partial charge in [0.25, 0.3) is 26.0 Å². The number of benzene rings is 10. The molecule has 10 aromatic rings. The predicted octanol–water partition coefficient (Wildman–Crippen LogP) is 20.7. The first-order valence-corrected chi connectivity index (χ1v) is 52.3. The molecule has 0 bridgehead atoms. The number of carbonyl (C=O) groups is 2. The first kappa shape index (κ1) is 99.1. The molecular formula is C90H86Cl10FN7O18S5. The maximum atomic E-state index is 13.6. The number of phenolic OH excluding ortho intramolecular Hbond substituents is 5. The summed E-state index contributed by atoms with van der Waals surface area (Å²) in [6, 6.07) is 51.7. The smallest absolute Gasteiger partial charge is 0.269 e. The van der Waals surface area contributed by atoms with E-state index < -0.39 is 101 Å². The van der Waals surface area contributed by atoms with Crippen molar-refractivity contribution < 1.29 is 86.3 Å². The number of hydrogen-bond donors (Lipinski definition) is 6. The Morgan fingerprint density at radius 2 is 0.924 bits per heavy atom. The molecule has 25 nitrogen and oxygen atoms in total. The van der Waals surface area contributed by atoms with Crippen LogP contribution in [0.25, 0.3) is 0 Å². The third kappa shape index (κ3) is 20.7. The number of ether oxygens (including phenoxy) is 1. The summed E-state index contributed by atoms with van der Waals surface area (Å²) in [5, 5.41) is 53.6. The van der Waals surface area contributed by atoms with Crippen molar-refractivity contribution in [3.8, 4) is 28.7 Å². The van der Waals surface area contributed by atoms with Crippen molar-refractivity contribution in [3.05, 3.63) is 272 Å². The summed E-state index contributed by atoms with van der Waals surface area (Å²) in [4.78, 5) is 24.9. The number of phenols is 5. The Morgan fingerprint density at radius 3 is 1.43 bits per heavy atom. The van der Waals surface area contributed by atoms with E-state index in [4.69, 9.17) is 121 Å². The molecule has 6 fully saturated rings. The fraction of sp³-hybridized carbons (Fsp3) is 0.311. The van der Waals surface area contributed by atoms with Crippen LogP contribution in [0, 0.1) is 17.2 Å². The van der Waals surface area contributed by atoms with Crippen LogP contribution in [0.2, 0.25) is 50.2 Å². The number of anilines is 3. The first-order valence-electron chi connectivity index (χ1n) is 41.3. The summed E-state index contributed by atoms with van der Waals surface area (Å²) in [6.07, 6.45) is 9.01. The minimum Gasteiger partial charge on any atom is -0.505 e. The fourth-order valence-corrected chi connectivity index (χ4v) is 29.9. The maximum absolute atomic E-state index is 13.6. The zero-order valence-electron chi connectivity index (χ0n) is 69.3. The Labute approximate surface area is 808 Å². The Balaban J connectivity index is 0.000000132. The minimum absolute atomic E-state index is 0.0137. The molecule has 18 rings (SSSR count). The maximum Gasteiger partial charge on any atom is 0.269 e. The van der Waals surface area contributed by atoms with E-state index in [1.165, 1.54) is 83.4 Å². The number of carbonyl (C=O) groups excluding carboxylic acids is 2. The van der Waals surface area contributed by atoms with E-state index in [-0.39, 0.29) is 123 Å². The van der Waals surface area contributed by atoms with Crippen molar-refractivity contribution in [3.63, 3.8) is 0 Å². The van der Waals surface area contributed by atoms with Crippen LogP contribution in [0.1, 0.15) is 117 Å². The SMILES string of the molecule is O=C1CCCN1CCC1CN(S(=O)(=O)c2cc(Cl)cc(Cl)c2O)c2ccccc21.O=C1Nc2cc(F)ccc2N(S(=O)(=O)c2cc(Cl)cc(Cl)c2O)C12CCC2.O=S(=O)(c1cc(Cl)cc(Cl)c1O)N1CC2(CCOCC2)C1c1ccccc1.O=S(=O)(c1cc(Cl)cc(Cl)c1O)N1CCC(Cc2ccccc2)C1.O=S(=O)(c1cc(Cl)cc(Cl)c1O)N1CCCCC1c1ccccc1. The quantitative estimate of drug-likeness (QED) is 0.0493. The lowest BCUT2D eigenvalue weighted by Crippen LogP contribution is -2.65. The first-order chi connectivity index (χ1) is 62.1. The Kier molecular flexibility index (Phi) is 30.7. The fourth-order valence-electron chi connectivity index (χ4n) is 17.7. The average Bonchev–Trinajstić information content (AvgIpc) is 1.22. The highest BCUT2D eigenvalue weighted by Gasteiger charge is 2.60. The van der Waals surface area contributed by atoms with E-state index in [2.05, 4.69) is 5.32 Å². The van der Waals surface area contributed by atoms with Crippen LogP contribution in [0.3, 0.4) is 0 Å². The van der Waals surface area contributed by atoms with Gasteiger partial charge in [-0.3, -0.25) is 13.9 Å². The number of piperidine rings is 1. The number of para-hydroxylation sites is 1. The molecule has 4 atom stereocenters. The summed E-state index contributed by atoms with van der Waals surface area (Å²) in [5.74, 6) is -3.37. The number of nitrogens with zero attached hydrogens (tertiary/aromatic N) is 6. The molecular weight excluding hydrogens is 2000 g/mol. The third-order valence-corrected chi connectivity index (χ3v) is 36.3. The van der Waals surface area contributed by atoms with Crippen molar-refractivity contribution in [1.82, 2.24) is 17.8 Å². The highest BCUT2D eigenvalue weighted by molar-refractivity contribution is 7.93. The normalized spacial score (nSPS) is 19.6. The molecule has 4 unspecified atom stereocenters. The monoisotopic (exact) mass is 2080 g/mol. The van der Waals surface area contributed by atoms with E-state index in [0.29, 0.717) is 83.7 Å². The number of fused-ring (bicyclic) bond motifs is 2. The van der Waals surface area contributed by atoms with Gasteiger partial charge in [0.1, 0.15) is 35.8 Å². The second-order valence-electron chi connectivity index (χ2n) is 32.6. The lowest BCUT2D eigenvalue weighted by molar-refractivity contribution is -0.127. The average molecular weight is 2090 g/mol. The van der Waals surface area contributed by atoms with Crippen molar-refractivity contribution in [2.75, 3.05) is 73.0 Å². The van der Waals surface area contributed by atoms with Crippen LogP contribution < -0.4 is 13.9 Å². The number of hydrogen-bond acceptors (Lipinski definition) is 18. The van der Waals surface area contributed by atoms with Crippen molar-refractivity contribution >= 4 is 195 Å². The van der Waals surface area contributed by atoms with E-state index in [1.54, 1.807) is 12.1 Å². The number of rotatable bonds is 17. The highest BCUT2D eigenvalue weighted by atomic mass is 35.5. The van der Waals surface area contributed by atoms with Crippen LogP contribution in [0.5, 0.6) is 28.7 Å². The number of sulfonamides is 5. The molecule has 2 spiro atoms. The summed E-state index contributed by atoms with van der Waals surface area (Å²) in [5.41, 5.74) is 3.19. The van der Waals surface area contributed by atoms with Gasteiger partial charge in [-0.15, -0.1) is 0 Å². The number of halogens is 11. The van der Waals surface area contributed by atoms with Crippen LogP contribution >= 0.6 is 116 Å². The van der Waals surface area contributed by atoms with E-state index in [9.17, 15) is 81.6 Å². The van der Waals surface area contributed by atoms with Crippen LogP contribution in [0.4, 0.5) is 21.5 Å². The molecule has 7 heterocycles. The van der Waals surface area contributed by atoms with Crippen molar-refractivity contribution in [2.24, 2.45) is 11.3 Å². The molecule has 1 aliphatic carbocycles. The standard InChI is InChI=1S/C20H20Cl2N2O4S.C19H19Cl2NO4S.C17H13Cl2FN2O4S.2C17H17Cl2NO3S/c21-14-10-16(22)20(26)18(11-14)29(27,28)24-12-13(15-4-1-2-5-17(15)24)7-9-23-8-3-6-19(23)25;20-14-10-15(21)17(23)16(11-14)27(24,25)22-12-19(6-8-26-9-7-19)18(22)13-4-2-1-3-5-13;18-9-6-11(19)15(23)14(7-9)27(25,26)22-13-3-2-10(20)8-12(13)21-16(24)17(22)4-1-5-17;18-13-10-14(19)17(21)16(11-13)24(22,23)20-9-5-4-8-15(20)12-6-2-1-3-7-12;18-14-9-15(19)17(21)16(10-14)24(22,23)20-7-6-13(11-20)8-12-4-2-1-3-5-12/h1-2,4-5,10-11,13,26H,3,6-9,12H2;1-5,10-11,18,23H,6-9,12H2;2-3,6-8,23H,1,4-5H2,(H,21,24);1-3,6-7,10-11,15,21H,4-5,8-9H2;1-5,9-10,13,21H,6-8,11H2. The zero-order chi connectivity index (χ0) is 94.2. The van der Waals surface area contributed by atoms with E-state index in [0.717, 1.165) is 97.1 Å². The van der Waals surface area contributed by atoms with Gasteiger partial charge in [0, 0.05) is 102 Å². The van der Waals surface area contributed by atoms with Gasteiger partial charge < -0.3 is 40.5 Å². The summed E-state index contributed by atoms with van der Waals surface area (Å²) in [7, 11) is -20.2. The van der Waals surface area contributed by atoms with Gasteiger partial charge in [-0.1, -0.05) is 232 Å². The number of amides is 2. The topological polar surface area (TPSA) is 347 Å². The second kappa shape index (κ2) is 40.6. The zero-order valence-corrected chi connectivity index (χ0v) is 80.9. The highest BCUT2D eigenvalue weighted by Crippen LogP contribution is 2.59. The molecule has 0 aromatic heterocycles. The molecule has 6 N–H and O–H groups in total. The lowest BCUT2D eigenvalue weighted by atomic mass is 9.65. The second-order valence-corrected chi connectivity index (χ2v) is 46.0. The van der Waals surface area contributed by atoms with Gasteiger partial charge in [0.2, 0.25) is 36.0 Å². The predicted molar refractivity (Wildman–Crippen MR) is 506 cm³/mol. The molecule has 5 saturated heterocycles. The molecule has 1 saturated carbocycles. The summed E-state index contributed by atoms with van der Waals surface area (Å²) >= 11 is 59.3. The number of likely N-dealkylation sites (tertiary alicyclic amines) is 1. The van der Waals surface area contributed by atoms with Gasteiger partial charge in [0.15, 0.2) is 28.7 Å². The molecule has 131 heavy (non-hydrogen) atoms. The van der Waals surface area contributed by atoms with Crippen LogP contribution in [-0.2, 0) is 70.9 Å². The molecule has 2 amide bonds. The van der Waals surface area contributed by atoms with Crippen molar-refractivity contribution in [1.29, 1.82) is 0 Å². The minimum atomic E-state index is -4.43. The van der Waals surface area contributed by atoms with Gasteiger partial charge in [0.05, 0.1) is 54.3 Å². The summed E-state index contributed by atoms with van der Waals surface area (Å²) in [6.45, 7) is 4.42. The summed E-state index contributed by atoms with van der Waals surface area (Å²) < 4.78 is 158. The van der Waals surface area contributed by atoms with Gasteiger partial charge in [-0.25, -0.2) is 50.8 Å². The molecule has 10 aromatic carbocycles. The molecule has 7 aliphatic heterocycles. The largest absolute Gasteiger partial charge is 0.505 e. The van der Waals surface area contributed by atoms with E-state index >= 15 is 0 Å². The Bertz CT molecular complexity index is 6630. The van der Waals surface area contributed by atoms with Crippen molar-refractivity contribution in [2.45, 2.75) is 131 Å². The number of aromatic hydroxyl groups is 5. The molecule has 0 radical (unpaired) electrons. The van der Waals surface area contributed by atoms with Crippen LogP contribution in [-0.4, -0.2) is 162 Å². The molecule has 8 aliphatic rings. The third-order valence-electron chi connectivity index (χ3n) is 24.4. The lowest BCUT2D eigenvalue weighted by Gasteiger charge is -2.58. The van der Waals surface area contributed by atoms with Gasteiger partial charge >= 0.3 is 0 Å². The van der Waals surface area contributed by atoms with E-state index in [1.807, 2.05) is 108 Å². The molecule has 696 valence electrons.